The van der Waals surface area contributed by atoms with E-state index in [-0.39, 0.29) is 12.5 Å². The topological polar surface area (TPSA) is 84.6 Å². The highest BCUT2D eigenvalue weighted by atomic mass is 16.5. The van der Waals surface area contributed by atoms with E-state index < -0.39 is 5.60 Å². The van der Waals surface area contributed by atoms with E-state index in [9.17, 15) is 9.90 Å². The van der Waals surface area contributed by atoms with Crippen LogP contribution in [0.2, 0.25) is 0 Å². The molecule has 0 saturated carbocycles. The number of carbonyl (C=O) groups excluding carboxylic acids is 1. The molecule has 0 saturated heterocycles. The van der Waals surface area contributed by atoms with Crippen LogP contribution in [0.3, 0.4) is 0 Å². The lowest BCUT2D eigenvalue weighted by Gasteiger charge is -2.18. The first-order valence-corrected chi connectivity index (χ1v) is 5.28. The van der Waals surface area contributed by atoms with Crippen molar-refractivity contribution in [3.05, 3.63) is 23.8 Å². The first kappa shape index (κ1) is 13.3. The van der Waals surface area contributed by atoms with Gasteiger partial charge in [0.1, 0.15) is 11.3 Å². The molecule has 0 aliphatic carbocycles. The smallest absolute Gasteiger partial charge is 0.257 e. The van der Waals surface area contributed by atoms with Crippen molar-refractivity contribution in [2.24, 2.45) is 0 Å². The van der Waals surface area contributed by atoms with Crippen LogP contribution in [0.4, 0.5) is 5.69 Å². The van der Waals surface area contributed by atoms with E-state index in [0.717, 1.165) is 0 Å². The molecule has 1 amide bonds. The van der Waals surface area contributed by atoms with Gasteiger partial charge >= 0.3 is 0 Å². The minimum Gasteiger partial charge on any atom is -0.496 e. The van der Waals surface area contributed by atoms with Crippen LogP contribution in [0.1, 0.15) is 24.2 Å². The molecule has 0 radical (unpaired) electrons. The number of hydrogen-bond acceptors (Lipinski definition) is 4. The van der Waals surface area contributed by atoms with E-state index in [1.807, 2.05) is 0 Å². The van der Waals surface area contributed by atoms with Crippen molar-refractivity contribution in [2.75, 3.05) is 19.4 Å². The van der Waals surface area contributed by atoms with Gasteiger partial charge < -0.3 is 20.9 Å². The van der Waals surface area contributed by atoms with Gasteiger partial charge in [0, 0.05) is 12.2 Å². The second-order valence-corrected chi connectivity index (χ2v) is 4.42. The number of hydrogen-bond donors (Lipinski definition) is 3. The number of benzene rings is 1. The average molecular weight is 238 g/mol. The van der Waals surface area contributed by atoms with Crippen LogP contribution in [0, 0.1) is 0 Å². The molecule has 1 aromatic rings. The number of nitrogens with one attached hydrogen (secondary N) is 1. The van der Waals surface area contributed by atoms with E-state index in [2.05, 4.69) is 5.32 Å². The van der Waals surface area contributed by atoms with Gasteiger partial charge in [0.25, 0.3) is 5.91 Å². The predicted octanol–water partition coefficient (Wildman–Crippen LogP) is 0.778. The van der Waals surface area contributed by atoms with Crippen molar-refractivity contribution in [1.29, 1.82) is 0 Å². The van der Waals surface area contributed by atoms with Gasteiger partial charge in [0.15, 0.2) is 0 Å². The molecule has 17 heavy (non-hydrogen) atoms. The number of rotatable bonds is 4. The third-order valence-electron chi connectivity index (χ3n) is 2.19. The largest absolute Gasteiger partial charge is 0.496 e. The Hall–Kier alpha value is -1.75. The van der Waals surface area contributed by atoms with Crippen molar-refractivity contribution in [2.45, 2.75) is 19.4 Å². The quantitative estimate of drug-likeness (QED) is 0.677. The summed E-state index contributed by atoms with van der Waals surface area (Å²) in [4.78, 5) is 11.9. The molecule has 0 heterocycles. The SMILES string of the molecule is COc1cccc(N)c1C(=O)NCC(C)(C)O. The fourth-order valence-corrected chi connectivity index (χ4v) is 1.35. The summed E-state index contributed by atoms with van der Waals surface area (Å²) < 4.78 is 5.08. The Labute approximate surface area is 101 Å². The molecule has 5 nitrogen and oxygen atoms in total. The van der Waals surface area contributed by atoms with Gasteiger partial charge in [0.05, 0.1) is 12.7 Å². The molecule has 0 fully saturated rings. The Morgan fingerprint density at radius 2 is 2.18 bits per heavy atom. The van der Waals surface area contributed by atoms with E-state index >= 15 is 0 Å². The number of ether oxygens (including phenoxy) is 1. The summed E-state index contributed by atoms with van der Waals surface area (Å²) in [6.45, 7) is 3.36. The number of carbonyl (C=O) groups is 1. The van der Waals surface area contributed by atoms with Gasteiger partial charge in [-0.05, 0) is 26.0 Å². The van der Waals surface area contributed by atoms with Gasteiger partial charge in [-0.15, -0.1) is 0 Å². The normalized spacial score (nSPS) is 11.1. The molecule has 0 bridgehead atoms. The molecule has 0 aliphatic heterocycles. The van der Waals surface area contributed by atoms with Crippen LogP contribution in [0.15, 0.2) is 18.2 Å². The van der Waals surface area contributed by atoms with Gasteiger partial charge in [-0.2, -0.15) is 0 Å². The summed E-state index contributed by atoms with van der Waals surface area (Å²) in [6.07, 6.45) is 0. The number of nitrogen functional groups attached to an aromatic ring is 1. The summed E-state index contributed by atoms with van der Waals surface area (Å²) in [5, 5.41) is 12.1. The fourth-order valence-electron chi connectivity index (χ4n) is 1.35. The maximum absolute atomic E-state index is 11.9. The summed E-state index contributed by atoms with van der Waals surface area (Å²) in [5.41, 5.74) is 5.40. The second-order valence-electron chi connectivity index (χ2n) is 4.42. The third kappa shape index (κ3) is 3.64. The molecule has 0 atom stereocenters. The Morgan fingerprint density at radius 3 is 2.71 bits per heavy atom. The first-order chi connectivity index (χ1) is 7.85. The zero-order valence-electron chi connectivity index (χ0n) is 10.3. The van der Waals surface area contributed by atoms with Gasteiger partial charge in [-0.25, -0.2) is 0 Å². The van der Waals surface area contributed by atoms with E-state index in [4.69, 9.17) is 10.5 Å². The number of nitrogens with two attached hydrogens (primary N) is 1. The average Bonchev–Trinajstić information content (AvgIpc) is 2.24. The summed E-state index contributed by atoms with van der Waals surface area (Å²) >= 11 is 0. The zero-order chi connectivity index (χ0) is 13.1. The van der Waals surface area contributed by atoms with Crippen molar-refractivity contribution in [1.82, 2.24) is 5.32 Å². The molecule has 0 unspecified atom stereocenters. The molecule has 1 rings (SSSR count). The molecular weight excluding hydrogens is 220 g/mol. The monoisotopic (exact) mass is 238 g/mol. The Bertz CT molecular complexity index is 411. The minimum atomic E-state index is -0.966. The molecule has 94 valence electrons. The van der Waals surface area contributed by atoms with Crippen molar-refractivity contribution in [3.63, 3.8) is 0 Å². The number of anilines is 1. The minimum absolute atomic E-state index is 0.142. The molecule has 0 spiro atoms. The van der Waals surface area contributed by atoms with Gasteiger partial charge in [-0.3, -0.25) is 4.79 Å². The van der Waals surface area contributed by atoms with Gasteiger partial charge in [-0.1, -0.05) is 6.07 Å². The van der Waals surface area contributed by atoms with E-state index in [1.165, 1.54) is 7.11 Å². The van der Waals surface area contributed by atoms with Crippen LogP contribution in [-0.4, -0.2) is 30.3 Å². The van der Waals surface area contributed by atoms with Crippen molar-refractivity contribution >= 4 is 11.6 Å². The lowest BCUT2D eigenvalue weighted by Crippen LogP contribution is -2.38. The van der Waals surface area contributed by atoms with Crippen LogP contribution in [0.25, 0.3) is 0 Å². The van der Waals surface area contributed by atoms with Crippen LogP contribution in [-0.2, 0) is 0 Å². The summed E-state index contributed by atoms with van der Waals surface area (Å²) in [7, 11) is 1.47. The lowest BCUT2D eigenvalue weighted by molar-refractivity contribution is 0.0693. The fraction of sp³-hybridized carbons (Fsp3) is 0.417. The second kappa shape index (κ2) is 5.05. The Kier molecular flexibility index (Phi) is 3.96. The third-order valence-corrected chi connectivity index (χ3v) is 2.19. The highest BCUT2D eigenvalue weighted by molar-refractivity contribution is 6.01. The molecular formula is C12H18N2O3. The van der Waals surface area contributed by atoms with E-state index in [1.54, 1.807) is 32.0 Å². The Morgan fingerprint density at radius 1 is 1.53 bits per heavy atom. The Balaban J connectivity index is 2.89. The lowest BCUT2D eigenvalue weighted by atomic mass is 10.1. The van der Waals surface area contributed by atoms with Crippen LogP contribution in [0.5, 0.6) is 5.75 Å². The summed E-state index contributed by atoms with van der Waals surface area (Å²) in [5.74, 6) is 0.0559. The first-order valence-electron chi connectivity index (χ1n) is 5.28. The zero-order valence-corrected chi connectivity index (χ0v) is 10.3. The van der Waals surface area contributed by atoms with Crippen molar-refractivity contribution < 1.29 is 14.6 Å². The standard InChI is InChI=1S/C12H18N2O3/c1-12(2,16)7-14-11(15)10-8(13)5-4-6-9(10)17-3/h4-6,16H,7,13H2,1-3H3,(H,14,15). The summed E-state index contributed by atoms with van der Waals surface area (Å²) in [6, 6.07) is 5.00. The number of aliphatic hydroxyl groups is 1. The van der Waals surface area contributed by atoms with Gasteiger partial charge in [0.2, 0.25) is 0 Å². The number of methoxy groups -OCH3 is 1. The maximum atomic E-state index is 11.9. The van der Waals surface area contributed by atoms with Crippen LogP contribution >= 0.6 is 0 Å². The van der Waals surface area contributed by atoms with Crippen LogP contribution < -0.4 is 15.8 Å². The molecule has 1 aromatic carbocycles. The van der Waals surface area contributed by atoms with Crippen molar-refractivity contribution in [3.8, 4) is 5.75 Å². The van der Waals surface area contributed by atoms with E-state index in [0.29, 0.717) is 17.0 Å². The highest BCUT2D eigenvalue weighted by Gasteiger charge is 2.19. The molecule has 4 N–H and O–H groups in total. The highest BCUT2D eigenvalue weighted by Crippen LogP contribution is 2.23. The molecule has 5 heteroatoms. The maximum Gasteiger partial charge on any atom is 0.257 e. The predicted molar refractivity (Wildman–Crippen MR) is 66.0 cm³/mol. The molecule has 0 aliphatic rings. The molecule has 0 aromatic heterocycles. The number of amides is 1.